The molecule has 7 heterocycles. The Morgan fingerprint density at radius 2 is 1.70 bits per heavy atom. The summed E-state index contributed by atoms with van der Waals surface area (Å²) in [6, 6.07) is 26.4. The van der Waals surface area contributed by atoms with Gasteiger partial charge in [0.2, 0.25) is 17.7 Å². The van der Waals surface area contributed by atoms with Crippen LogP contribution in [0.3, 0.4) is 0 Å². The SMILES string of the molecule is Cc1c(OC2CC3(CCN(CC(=O)Nc4ccc5c(C6CCC(=O)NC6=O)nn(C)c5n4)CC3)C2)cccc1-c1ccc(N2CCc3cccc(C(=O)Nc4nc5ccccc5s4)c3C2)nc1C(=O)O. The van der Waals surface area contributed by atoms with Crippen LogP contribution in [0.1, 0.15) is 87.7 Å². The fourth-order valence-electron chi connectivity index (χ4n) is 10.7. The number of nitrogens with zero attached hydrogens (tertiary/aromatic N) is 7. The first-order valence-electron chi connectivity index (χ1n) is 23.6. The topological polar surface area (TPSA) is 214 Å². The number of carbonyl (C=O) groups excluding carboxylic acids is 4. The molecule has 0 bridgehead atoms. The minimum atomic E-state index is -1.13. The number of rotatable bonds is 11. The number of pyridine rings is 2. The molecule has 17 nitrogen and oxygen atoms in total. The summed E-state index contributed by atoms with van der Waals surface area (Å²) >= 11 is 1.42. The van der Waals surface area contributed by atoms with Crippen LogP contribution in [0.4, 0.5) is 16.8 Å². The number of aromatic nitrogens is 5. The van der Waals surface area contributed by atoms with Crippen molar-refractivity contribution in [2.45, 2.75) is 70.4 Å². The Kier molecular flexibility index (Phi) is 11.6. The number of aromatic carboxylic acids is 1. The fourth-order valence-corrected chi connectivity index (χ4v) is 11.6. The zero-order valence-corrected chi connectivity index (χ0v) is 39.5. The van der Waals surface area contributed by atoms with Gasteiger partial charge in [-0.15, -0.1) is 0 Å². The van der Waals surface area contributed by atoms with Crippen molar-refractivity contribution in [3.05, 3.63) is 119 Å². The largest absolute Gasteiger partial charge is 0.490 e. The van der Waals surface area contributed by atoms with Crippen LogP contribution in [0, 0.1) is 12.3 Å². The summed E-state index contributed by atoms with van der Waals surface area (Å²) in [5.74, 6) is -1.09. The molecule has 1 unspecified atom stereocenters. The van der Waals surface area contributed by atoms with Gasteiger partial charge in [-0.05, 0) is 135 Å². The van der Waals surface area contributed by atoms with E-state index >= 15 is 0 Å². The number of anilines is 3. The zero-order chi connectivity index (χ0) is 48.3. The summed E-state index contributed by atoms with van der Waals surface area (Å²) in [5.41, 5.74) is 6.59. The van der Waals surface area contributed by atoms with Crippen molar-refractivity contribution in [1.29, 1.82) is 0 Å². The summed E-state index contributed by atoms with van der Waals surface area (Å²) in [6.07, 6.45) is 5.01. The van der Waals surface area contributed by atoms with Gasteiger partial charge in [-0.2, -0.15) is 5.10 Å². The van der Waals surface area contributed by atoms with Crippen molar-refractivity contribution in [2.75, 3.05) is 41.7 Å². The number of benzene rings is 3. The smallest absolute Gasteiger partial charge is 0.355 e. The molecule has 356 valence electrons. The Morgan fingerprint density at radius 1 is 0.886 bits per heavy atom. The molecule has 70 heavy (non-hydrogen) atoms. The lowest BCUT2D eigenvalue weighted by atomic mass is 9.61. The van der Waals surface area contributed by atoms with Crippen LogP contribution < -0.4 is 25.6 Å². The van der Waals surface area contributed by atoms with Gasteiger partial charge in [0.15, 0.2) is 16.5 Å². The summed E-state index contributed by atoms with van der Waals surface area (Å²) in [4.78, 5) is 82.1. The molecule has 4 aliphatic rings. The number of hydrogen-bond donors (Lipinski definition) is 4. The minimum Gasteiger partial charge on any atom is -0.490 e. The average molecular weight is 959 g/mol. The lowest BCUT2D eigenvalue weighted by Gasteiger charge is -2.51. The fraction of sp³-hybridized carbons (Fsp3) is 0.327. The van der Waals surface area contributed by atoms with Gasteiger partial charge in [-0.25, -0.2) is 19.7 Å². The maximum atomic E-state index is 13.6. The first-order valence-corrected chi connectivity index (χ1v) is 24.4. The van der Waals surface area contributed by atoms with Crippen LogP contribution in [0.25, 0.3) is 32.4 Å². The molecule has 1 atom stereocenters. The number of piperidine rings is 2. The van der Waals surface area contributed by atoms with E-state index in [2.05, 4.69) is 35.9 Å². The minimum absolute atomic E-state index is 0.0156. The second-order valence-electron chi connectivity index (χ2n) is 18.9. The van der Waals surface area contributed by atoms with Crippen molar-refractivity contribution in [3.63, 3.8) is 0 Å². The molecule has 1 spiro atoms. The van der Waals surface area contributed by atoms with Crippen LogP contribution in [-0.2, 0) is 34.4 Å². The van der Waals surface area contributed by atoms with Crippen LogP contribution in [0.5, 0.6) is 5.75 Å². The average Bonchev–Trinajstić information content (AvgIpc) is 3.90. The van der Waals surface area contributed by atoms with Gasteiger partial charge in [-0.3, -0.25) is 39.4 Å². The lowest BCUT2D eigenvalue weighted by Crippen LogP contribution is -2.51. The van der Waals surface area contributed by atoms with Gasteiger partial charge in [-0.1, -0.05) is 47.7 Å². The summed E-state index contributed by atoms with van der Waals surface area (Å²) in [6.45, 7) is 4.76. The number of fused-ring (bicyclic) bond motifs is 3. The third-order valence-corrected chi connectivity index (χ3v) is 15.4. The molecule has 7 aromatic rings. The third-order valence-electron chi connectivity index (χ3n) is 14.5. The standard InChI is InChI=1S/C52H50N10O7S/c1-29-32(33-14-17-42(56-46(33)50(67)68)62-22-19-30-7-5-9-34(37(30)27-62)48(65)58-51-53-38-10-3-4-12-40(38)70-51)8-6-11-39(29)69-31-25-52(26-31)20-23-61(24-21-52)28-44(64)54-41-16-13-35-45(59-60(2)47(35)55-41)36-15-18-43(63)57-49(36)66/h3-14,16-17,31,36H,15,18-28H2,1-2H3,(H,67,68)(H,53,58,65)(H,54,55,64)(H,57,63,66). The third kappa shape index (κ3) is 8.61. The Labute approximate surface area is 406 Å². The number of thiazole rings is 1. The van der Waals surface area contributed by atoms with E-state index in [9.17, 15) is 29.1 Å². The number of likely N-dealkylation sites (tertiary alicyclic amines) is 1. The molecule has 11 rings (SSSR count). The van der Waals surface area contributed by atoms with Crippen molar-refractivity contribution in [1.82, 2.24) is 34.9 Å². The van der Waals surface area contributed by atoms with Crippen LogP contribution >= 0.6 is 11.3 Å². The Bertz CT molecular complexity index is 3240. The van der Waals surface area contributed by atoms with E-state index in [1.54, 1.807) is 17.8 Å². The molecular weight excluding hydrogens is 909 g/mol. The zero-order valence-electron chi connectivity index (χ0n) is 38.7. The molecule has 2 saturated heterocycles. The number of imide groups is 1. The van der Waals surface area contributed by atoms with Gasteiger partial charge in [0.05, 0.1) is 34.5 Å². The molecule has 1 aliphatic carbocycles. The molecule has 0 radical (unpaired) electrons. The highest BCUT2D eigenvalue weighted by Crippen LogP contribution is 2.51. The number of nitrogens with one attached hydrogen (secondary N) is 3. The number of carboxylic acids is 1. The van der Waals surface area contributed by atoms with Crippen LogP contribution in [0.15, 0.2) is 84.9 Å². The van der Waals surface area contributed by atoms with E-state index in [4.69, 9.17) is 9.72 Å². The second kappa shape index (κ2) is 18.1. The van der Waals surface area contributed by atoms with Crippen molar-refractivity contribution < 1.29 is 33.8 Å². The highest BCUT2D eigenvalue weighted by molar-refractivity contribution is 7.22. The van der Waals surface area contributed by atoms with Crippen molar-refractivity contribution >= 4 is 79.0 Å². The molecule has 3 aliphatic heterocycles. The van der Waals surface area contributed by atoms with Gasteiger partial charge in [0, 0.05) is 43.1 Å². The molecule has 18 heteroatoms. The highest BCUT2D eigenvalue weighted by atomic mass is 32.1. The lowest BCUT2D eigenvalue weighted by molar-refractivity contribution is -0.134. The van der Waals surface area contributed by atoms with Crippen LogP contribution in [0.2, 0.25) is 0 Å². The number of para-hydroxylation sites is 1. The first-order chi connectivity index (χ1) is 33.9. The number of hydrogen-bond acceptors (Lipinski definition) is 13. The maximum Gasteiger partial charge on any atom is 0.355 e. The summed E-state index contributed by atoms with van der Waals surface area (Å²) < 4.78 is 9.19. The van der Waals surface area contributed by atoms with E-state index < -0.39 is 11.9 Å². The van der Waals surface area contributed by atoms with Crippen LogP contribution in [-0.4, -0.2) is 96.6 Å². The van der Waals surface area contributed by atoms with E-state index in [1.807, 2.05) is 90.7 Å². The molecule has 4 aromatic heterocycles. The summed E-state index contributed by atoms with van der Waals surface area (Å²) in [5, 5.41) is 24.6. The van der Waals surface area contributed by atoms with Gasteiger partial charge in [0.1, 0.15) is 17.4 Å². The number of carboxylic acid groups (broad SMARTS) is 1. The second-order valence-corrected chi connectivity index (χ2v) is 19.9. The number of ether oxygens (including phenoxy) is 1. The first kappa shape index (κ1) is 44.9. The molecule has 4 N–H and O–H groups in total. The van der Waals surface area contributed by atoms with Crippen molar-refractivity contribution in [3.8, 4) is 16.9 Å². The molecular formula is C52H50N10O7S. The Hall–Kier alpha value is -7.57. The molecule has 4 amide bonds. The molecule has 1 saturated carbocycles. The van der Waals surface area contributed by atoms with Gasteiger partial charge < -0.3 is 20.1 Å². The number of aryl methyl sites for hydroxylation is 1. The van der Waals surface area contributed by atoms with E-state index in [0.717, 1.165) is 71.2 Å². The van der Waals surface area contributed by atoms with Gasteiger partial charge >= 0.3 is 5.97 Å². The Morgan fingerprint density at radius 3 is 2.50 bits per heavy atom. The number of carbonyl (C=O) groups is 5. The highest BCUT2D eigenvalue weighted by Gasteiger charge is 2.47. The van der Waals surface area contributed by atoms with E-state index in [0.29, 0.717) is 76.3 Å². The summed E-state index contributed by atoms with van der Waals surface area (Å²) in [7, 11) is 1.74. The predicted octanol–water partition coefficient (Wildman–Crippen LogP) is 7.24. The normalized spacial score (nSPS) is 18.1. The van der Waals surface area contributed by atoms with Crippen molar-refractivity contribution in [2.24, 2.45) is 12.5 Å². The molecule has 3 fully saturated rings. The predicted molar refractivity (Wildman–Crippen MR) is 264 cm³/mol. The van der Waals surface area contributed by atoms with Gasteiger partial charge in [0.25, 0.3) is 5.91 Å². The quantitative estimate of drug-likeness (QED) is 0.0943. The number of amides is 4. The maximum absolute atomic E-state index is 13.6. The van der Waals surface area contributed by atoms with E-state index in [-0.39, 0.29) is 53.8 Å². The molecule has 3 aromatic carbocycles. The monoisotopic (exact) mass is 958 g/mol. The van der Waals surface area contributed by atoms with E-state index in [1.165, 1.54) is 11.3 Å². The Balaban J connectivity index is 0.699.